The van der Waals surface area contributed by atoms with Crippen LogP contribution in [0.1, 0.15) is 5.82 Å². The van der Waals surface area contributed by atoms with Gasteiger partial charge in [-0.2, -0.15) is 0 Å². The van der Waals surface area contributed by atoms with Crippen LogP contribution in [0.3, 0.4) is 0 Å². The zero-order chi connectivity index (χ0) is 12.3. The van der Waals surface area contributed by atoms with Crippen LogP contribution in [0.25, 0.3) is 0 Å². The van der Waals surface area contributed by atoms with Crippen molar-refractivity contribution < 1.29 is 4.21 Å². The molecule has 2 aromatic rings. The molecule has 2 N–H and O–H groups in total. The molecule has 0 aliphatic heterocycles. The van der Waals surface area contributed by atoms with Crippen molar-refractivity contribution in [2.24, 2.45) is 7.05 Å². The number of hydrogen-bond acceptors (Lipinski definition) is 4. The molecule has 0 aromatic carbocycles. The van der Waals surface area contributed by atoms with E-state index in [9.17, 15) is 4.21 Å². The Kier molecular flexibility index (Phi) is 3.53. The van der Waals surface area contributed by atoms with Gasteiger partial charge in [0.25, 0.3) is 0 Å². The van der Waals surface area contributed by atoms with E-state index >= 15 is 0 Å². The Labute approximate surface area is 102 Å². The van der Waals surface area contributed by atoms with Gasteiger partial charge in [0.1, 0.15) is 5.82 Å². The van der Waals surface area contributed by atoms with Crippen LogP contribution in [-0.4, -0.2) is 24.5 Å². The van der Waals surface area contributed by atoms with E-state index in [1.807, 2.05) is 17.8 Å². The summed E-state index contributed by atoms with van der Waals surface area (Å²) < 4.78 is 14.0. The van der Waals surface area contributed by atoms with E-state index in [-0.39, 0.29) is 0 Å². The highest BCUT2D eigenvalue weighted by atomic mass is 32.2. The minimum atomic E-state index is -1.11. The van der Waals surface area contributed by atoms with E-state index in [1.165, 1.54) is 6.20 Å². The molecule has 0 fully saturated rings. The lowest BCUT2D eigenvalue weighted by Gasteiger charge is -2.05. The molecule has 0 aliphatic rings. The lowest BCUT2D eigenvalue weighted by molar-refractivity contribution is 0.680. The van der Waals surface area contributed by atoms with Crippen LogP contribution in [0.5, 0.6) is 0 Å². The number of aryl methyl sites for hydroxylation is 2. The van der Waals surface area contributed by atoms with Crippen LogP contribution in [0, 0.1) is 0 Å². The summed E-state index contributed by atoms with van der Waals surface area (Å²) in [4.78, 5) is 8.71. The Balaban J connectivity index is 2.04. The molecule has 0 bridgehead atoms. The molecule has 0 aliphatic carbocycles. The van der Waals surface area contributed by atoms with Crippen molar-refractivity contribution in [3.05, 3.63) is 36.7 Å². The van der Waals surface area contributed by atoms with Crippen molar-refractivity contribution in [3.63, 3.8) is 0 Å². The van der Waals surface area contributed by atoms with Gasteiger partial charge in [-0.25, -0.2) is 4.98 Å². The predicted octanol–water partition coefficient (Wildman–Crippen LogP) is 0.748. The fourth-order valence-electron chi connectivity index (χ4n) is 1.53. The number of hydrogen-bond donors (Lipinski definition) is 1. The Morgan fingerprint density at radius 1 is 1.47 bits per heavy atom. The van der Waals surface area contributed by atoms with Crippen molar-refractivity contribution in [1.82, 2.24) is 14.5 Å². The zero-order valence-corrected chi connectivity index (χ0v) is 10.4. The first-order valence-electron chi connectivity index (χ1n) is 5.22. The first-order valence-corrected chi connectivity index (χ1v) is 6.54. The Hall–Kier alpha value is -1.69. The van der Waals surface area contributed by atoms with Gasteiger partial charge in [0.15, 0.2) is 0 Å². The molecular weight excluding hydrogens is 236 g/mol. The summed E-state index contributed by atoms with van der Waals surface area (Å²) in [6.45, 7) is 0. The lowest BCUT2D eigenvalue weighted by Crippen LogP contribution is -2.07. The largest absolute Gasteiger partial charge is 0.396 e. The SMILES string of the molecule is Cn1ccnc1CCS(=O)c1ccncc1N. The van der Waals surface area contributed by atoms with Gasteiger partial charge in [-0.15, -0.1) is 0 Å². The van der Waals surface area contributed by atoms with Gasteiger partial charge in [0.2, 0.25) is 0 Å². The van der Waals surface area contributed by atoms with Gasteiger partial charge >= 0.3 is 0 Å². The lowest BCUT2D eigenvalue weighted by atomic mass is 10.4. The Morgan fingerprint density at radius 2 is 2.29 bits per heavy atom. The number of nitrogen functional groups attached to an aromatic ring is 1. The average Bonchev–Trinajstić information content (AvgIpc) is 2.72. The molecule has 2 heterocycles. The third kappa shape index (κ3) is 2.71. The Bertz CT molecular complexity index is 538. The quantitative estimate of drug-likeness (QED) is 0.869. The molecule has 1 atom stereocenters. The number of anilines is 1. The van der Waals surface area contributed by atoms with Crippen LogP contribution < -0.4 is 5.73 Å². The van der Waals surface area contributed by atoms with Gasteiger partial charge in [-0.1, -0.05) is 0 Å². The number of pyridine rings is 1. The molecule has 0 amide bonds. The third-order valence-corrected chi connectivity index (χ3v) is 3.92. The molecule has 0 radical (unpaired) electrons. The van der Waals surface area contributed by atoms with Crippen molar-refractivity contribution in [2.75, 3.05) is 11.5 Å². The molecular formula is C11H14N4OS. The summed E-state index contributed by atoms with van der Waals surface area (Å²) >= 11 is 0. The molecule has 2 aromatic heterocycles. The minimum absolute atomic E-state index is 0.477. The molecule has 2 rings (SSSR count). The smallest absolute Gasteiger partial charge is 0.109 e. The van der Waals surface area contributed by atoms with Crippen LogP contribution in [0.2, 0.25) is 0 Å². The summed E-state index contributed by atoms with van der Waals surface area (Å²) in [5.74, 6) is 1.44. The summed E-state index contributed by atoms with van der Waals surface area (Å²) in [6.07, 6.45) is 7.40. The second-order valence-corrected chi connectivity index (χ2v) is 5.21. The molecule has 1 unspecified atom stereocenters. The second kappa shape index (κ2) is 5.09. The maximum Gasteiger partial charge on any atom is 0.109 e. The van der Waals surface area contributed by atoms with Gasteiger partial charge in [-0.3, -0.25) is 9.19 Å². The maximum absolute atomic E-state index is 12.0. The number of aromatic nitrogens is 3. The van der Waals surface area contributed by atoms with E-state index in [4.69, 9.17) is 5.73 Å². The molecule has 5 nitrogen and oxygen atoms in total. The maximum atomic E-state index is 12.0. The average molecular weight is 250 g/mol. The van der Waals surface area contributed by atoms with Crippen molar-refractivity contribution in [3.8, 4) is 0 Å². The number of rotatable bonds is 4. The topological polar surface area (TPSA) is 73.8 Å². The van der Waals surface area contributed by atoms with Crippen molar-refractivity contribution in [1.29, 1.82) is 0 Å². The van der Waals surface area contributed by atoms with Gasteiger partial charge in [0.05, 0.1) is 27.6 Å². The van der Waals surface area contributed by atoms with E-state index in [2.05, 4.69) is 9.97 Å². The van der Waals surface area contributed by atoms with Crippen molar-refractivity contribution >= 4 is 16.5 Å². The number of nitrogens with two attached hydrogens (primary N) is 1. The van der Waals surface area contributed by atoms with Crippen LogP contribution in [0.4, 0.5) is 5.69 Å². The van der Waals surface area contributed by atoms with E-state index < -0.39 is 10.8 Å². The number of nitrogens with zero attached hydrogens (tertiary/aromatic N) is 3. The highest BCUT2D eigenvalue weighted by Gasteiger charge is 2.09. The highest BCUT2D eigenvalue weighted by molar-refractivity contribution is 7.85. The van der Waals surface area contributed by atoms with Crippen LogP contribution in [-0.2, 0) is 24.3 Å². The monoisotopic (exact) mass is 250 g/mol. The fraction of sp³-hybridized carbons (Fsp3) is 0.273. The molecule has 6 heteroatoms. The summed E-state index contributed by atoms with van der Waals surface area (Å²) in [7, 11) is 0.816. The standard InChI is InChI=1S/C11H14N4OS/c1-15-6-5-14-11(15)3-7-17(16)10-2-4-13-8-9(10)12/h2,4-6,8H,3,7,12H2,1H3. The first kappa shape index (κ1) is 11.8. The van der Waals surface area contributed by atoms with Gasteiger partial charge < -0.3 is 10.3 Å². The molecule has 0 spiro atoms. The van der Waals surface area contributed by atoms with E-state index in [0.717, 1.165) is 5.82 Å². The van der Waals surface area contributed by atoms with Gasteiger partial charge in [-0.05, 0) is 6.07 Å². The fourth-order valence-corrected chi connectivity index (χ4v) is 2.65. The van der Waals surface area contributed by atoms with Crippen LogP contribution >= 0.6 is 0 Å². The number of imidazole rings is 1. The minimum Gasteiger partial charge on any atom is -0.396 e. The molecule has 90 valence electrons. The zero-order valence-electron chi connectivity index (χ0n) is 9.54. The first-order chi connectivity index (χ1) is 8.18. The van der Waals surface area contributed by atoms with Crippen molar-refractivity contribution in [2.45, 2.75) is 11.3 Å². The van der Waals surface area contributed by atoms with E-state index in [0.29, 0.717) is 22.8 Å². The molecule has 0 saturated heterocycles. The van der Waals surface area contributed by atoms with Crippen LogP contribution in [0.15, 0.2) is 35.7 Å². The summed E-state index contributed by atoms with van der Waals surface area (Å²) in [6, 6.07) is 1.70. The summed E-state index contributed by atoms with van der Waals surface area (Å²) in [5, 5.41) is 0. The highest BCUT2D eigenvalue weighted by Crippen LogP contribution is 2.14. The molecule has 17 heavy (non-hydrogen) atoms. The summed E-state index contributed by atoms with van der Waals surface area (Å²) in [5.41, 5.74) is 6.20. The second-order valence-electron chi connectivity index (χ2n) is 3.67. The Morgan fingerprint density at radius 3 is 2.94 bits per heavy atom. The molecule has 0 saturated carbocycles. The van der Waals surface area contributed by atoms with E-state index in [1.54, 1.807) is 18.5 Å². The predicted molar refractivity (Wildman–Crippen MR) is 66.8 cm³/mol. The van der Waals surface area contributed by atoms with Gasteiger partial charge in [0, 0.05) is 37.8 Å². The normalized spacial score (nSPS) is 12.5. The third-order valence-electron chi connectivity index (χ3n) is 2.49.